The number of aliphatic hydroxyl groups excluding tert-OH is 1. The predicted molar refractivity (Wildman–Crippen MR) is 117 cm³/mol. The molecule has 0 aliphatic carbocycles. The highest BCUT2D eigenvalue weighted by Crippen LogP contribution is 2.22. The number of aliphatic carboxylic acids is 1. The number of nitrogens with zero attached hydrogens (tertiary/aromatic N) is 2. The van der Waals surface area contributed by atoms with E-state index in [-0.39, 0.29) is 12.5 Å². The lowest BCUT2D eigenvalue weighted by molar-refractivity contribution is -0.150. The van der Waals surface area contributed by atoms with Crippen molar-refractivity contribution in [1.29, 1.82) is 0 Å². The molecule has 6 N–H and O–H groups in total. The van der Waals surface area contributed by atoms with Gasteiger partial charge < -0.3 is 36.4 Å². The minimum absolute atomic E-state index is 0.228. The van der Waals surface area contributed by atoms with Crippen LogP contribution in [0.1, 0.15) is 46.5 Å². The molecule has 2 aliphatic heterocycles. The molecule has 12 nitrogen and oxygen atoms in total. The van der Waals surface area contributed by atoms with Gasteiger partial charge in [-0.15, -0.1) is 0 Å². The molecule has 0 radical (unpaired) electrons. The number of rotatable bonds is 9. The van der Waals surface area contributed by atoms with Crippen LogP contribution in [0.5, 0.6) is 0 Å². The van der Waals surface area contributed by atoms with Crippen LogP contribution in [0.15, 0.2) is 0 Å². The van der Waals surface area contributed by atoms with Crippen molar-refractivity contribution in [1.82, 2.24) is 20.4 Å². The van der Waals surface area contributed by atoms with Gasteiger partial charge in [0.15, 0.2) is 0 Å². The molecule has 4 amide bonds. The van der Waals surface area contributed by atoms with E-state index in [1.54, 1.807) is 13.8 Å². The standard InChI is InChI=1S/C21H35N5O7/c1-11(2)16(24-17(28)12(3)22)20(31)25-8-4-6-14(25)18(29)23-13(10-27)19(30)26-9-5-7-15(26)21(32)33/h11-16,27H,4-10,22H2,1-3H3,(H,23,29)(H,24,28)(H,32,33)/t12-,13-,14-,15-,16-/m0/s1. The van der Waals surface area contributed by atoms with Gasteiger partial charge in [0, 0.05) is 13.1 Å². The molecule has 0 spiro atoms. The molecular weight excluding hydrogens is 434 g/mol. The number of hydrogen-bond donors (Lipinski definition) is 5. The van der Waals surface area contributed by atoms with Gasteiger partial charge in [0.05, 0.1) is 12.6 Å². The first kappa shape index (κ1) is 26.5. The van der Waals surface area contributed by atoms with Crippen molar-refractivity contribution in [3.05, 3.63) is 0 Å². The number of carbonyl (C=O) groups is 5. The molecule has 2 rings (SSSR count). The average molecular weight is 470 g/mol. The van der Waals surface area contributed by atoms with Crippen LogP contribution < -0.4 is 16.4 Å². The van der Waals surface area contributed by atoms with E-state index < -0.39 is 66.4 Å². The number of aliphatic hydroxyl groups is 1. The maximum absolute atomic E-state index is 13.2. The quantitative estimate of drug-likeness (QED) is 0.257. The molecular formula is C21H35N5O7. The van der Waals surface area contributed by atoms with Crippen molar-refractivity contribution in [2.45, 2.75) is 76.7 Å². The first-order chi connectivity index (χ1) is 15.5. The zero-order chi connectivity index (χ0) is 24.9. The molecule has 2 saturated heterocycles. The fourth-order valence-electron chi connectivity index (χ4n) is 4.22. The van der Waals surface area contributed by atoms with Crippen LogP contribution in [-0.4, -0.2) is 99.5 Å². The summed E-state index contributed by atoms with van der Waals surface area (Å²) in [6.45, 7) is 4.87. The van der Waals surface area contributed by atoms with Crippen LogP contribution in [0, 0.1) is 5.92 Å². The fourth-order valence-corrected chi connectivity index (χ4v) is 4.22. The van der Waals surface area contributed by atoms with E-state index in [1.165, 1.54) is 11.8 Å². The molecule has 0 bridgehead atoms. The highest BCUT2D eigenvalue weighted by molar-refractivity contribution is 5.96. The lowest BCUT2D eigenvalue weighted by atomic mass is 10.0. The lowest BCUT2D eigenvalue weighted by Gasteiger charge is -2.32. The number of carboxylic acids is 1. The molecule has 2 heterocycles. The molecule has 5 atom stereocenters. The molecule has 186 valence electrons. The first-order valence-corrected chi connectivity index (χ1v) is 11.3. The highest BCUT2D eigenvalue weighted by atomic mass is 16.4. The zero-order valence-electron chi connectivity index (χ0n) is 19.3. The van der Waals surface area contributed by atoms with Gasteiger partial charge in [-0.1, -0.05) is 13.8 Å². The van der Waals surface area contributed by atoms with Crippen molar-refractivity contribution in [3.8, 4) is 0 Å². The number of nitrogens with two attached hydrogens (primary N) is 1. The number of nitrogens with one attached hydrogen (secondary N) is 2. The second-order valence-electron chi connectivity index (χ2n) is 8.98. The largest absolute Gasteiger partial charge is 0.480 e. The van der Waals surface area contributed by atoms with Crippen LogP contribution in [-0.2, 0) is 24.0 Å². The summed E-state index contributed by atoms with van der Waals surface area (Å²) in [6.07, 6.45) is 1.74. The van der Waals surface area contributed by atoms with Crippen LogP contribution in [0.2, 0.25) is 0 Å². The van der Waals surface area contributed by atoms with Crippen molar-refractivity contribution >= 4 is 29.6 Å². The Labute approximate surface area is 192 Å². The third-order valence-corrected chi connectivity index (χ3v) is 6.10. The predicted octanol–water partition coefficient (Wildman–Crippen LogP) is -1.98. The second-order valence-corrected chi connectivity index (χ2v) is 8.98. The van der Waals surface area contributed by atoms with Gasteiger partial charge in [-0.2, -0.15) is 0 Å². The Morgan fingerprint density at radius 2 is 1.48 bits per heavy atom. The highest BCUT2D eigenvalue weighted by Gasteiger charge is 2.41. The Kier molecular flexibility index (Phi) is 9.17. The molecule has 0 unspecified atom stereocenters. The smallest absolute Gasteiger partial charge is 0.326 e. The van der Waals surface area contributed by atoms with E-state index in [2.05, 4.69) is 10.6 Å². The van der Waals surface area contributed by atoms with E-state index in [4.69, 9.17) is 5.73 Å². The molecule has 0 aromatic rings. The van der Waals surface area contributed by atoms with Gasteiger partial charge in [-0.3, -0.25) is 19.2 Å². The van der Waals surface area contributed by atoms with Gasteiger partial charge in [0.25, 0.3) is 0 Å². The van der Waals surface area contributed by atoms with Gasteiger partial charge in [-0.05, 0) is 38.5 Å². The molecule has 0 saturated carbocycles. The minimum Gasteiger partial charge on any atom is -0.480 e. The van der Waals surface area contributed by atoms with Crippen LogP contribution in [0.25, 0.3) is 0 Å². The summed E-state index contributed by atoms with van der Waals surface area (Å²) >= 11 is 0. The summed E-state index contributed by atoms with van der Waals surface area (Å²) < 4.78 is 0. The van der Waals surface area contributed by atoms with Crippen molar-refractivity contribution < 1.29 is 34.2 Å². The number of carbonyl (C=O) groups excluding carboxylic acids is 4. The Balaban J connectivity index is 2.10. The Morgan fingerprint density at radius 1 is 0.939 bits per heavy atom. The van der Waals surface area contributed by atoms with Gasteiger partial charge >= 0.3 is 5.97 Å². The van der Waals surface area contributed by atoms with Gasteiger partial charge in [0.2, 0.25) is 23.6 Å². The summed E-state index contributed by atoms with van der Waals surface area (Å²) in [5, 5.41) is 24.1. The Hall–Kier alpha value is -2.73. The Bertz CT molecular complexity index is 772. The summed E-state index contributed by atoms with van der Waals surface area (Å²) in [5.41, 5.74) is 5.59. The summed E-state index contributed by atoms with van der Waals surface area (Å²) in [4.78, 5) is 64.9. The first-order valence-electron chi connectivity index (χ1n) is 11.3. The van der Waals surface area contributed by atoms with Gasteiger partial charge in [0.1, 0.15) is 24.2 Å². The van der Waals surface area contributed by atoms with Crippen LogP contribution in [0.3, 0.4) is 0 Å². The summed E-state index contributed by atoms with van der Waals surface area (Å²) in [6, 6.07) is -4.84. The molecule has 2 fully saturated rings. The van der Waals surface area contributed by atoms with E-state index in [0.29, 0.717) is 32.2 Å². The SMILES string of the molecule is CC(C)[C@H](NC(=O)[C@H](C)N)C(=O)N1CCC[C@H]1C(=O)N[C@@H](CO)C(=O)N1CCC[C@H]1C(=O)O. The maximum atomic E-state index is 13.2. The van der Waals surface area contributed by atoms with E-state index in [1.807, 2.05) is 0 Å². The molecule has 0 aromatic heterocycles. The molecule has 33 heavy (non-hydrogen) atoms. The van der Waals surface area contributed by atoms with Crippen molar-refractivity contribution in [3.63, 3.8) is 0 Å². The van der Waals surface area contributed by atoms with E-state index in [0.717, 1.165) is 4.90 Å². The third-order valence-electron chi connectivity index (χ3n) is 6.10. The normalized spacial score (nSPS) is 23.2. The number of amides is 4. The van der Waals surface area contributed by atoms with Crippen molar-refractivity contribution in [2.24, 2.45) is 11.7 Å². The zero-order valence-corrected chi connectivity index (χ0v) is 19.3. The fraction of sp³-hybridized carbons (Fsp3) is 0.762. The summed E-state index contributed by atoms with van der Waals surface area (Å²) in [5.74, 6) is -3.57. The van der Waals surface area contributed by atoms with Gasteiger partial charge in [-0.25, -0.2) is 4.79 Å². The number of likely N-dealkylation sites (tertiary alicyclic amines) is 2. The number of carboxylic acid groups (broad SMARTS) is 1. The monoisotopic (exact) mass is 469 g/mol. The molecule has 12 heteroatoms. The maximum Gasteiger partial charge on any atom is 0.326 e. The van der Waals surface area contributed by atoms with Crippen LogP contribution in [0.4, 0.5) is 0 Å². The van der Waals surface area contributed by atoms with Crippen LogP contribution >= 0.6 is 0 Å². The van der Waals surface area contributed by atoms with E-state index >= 15 is 0 Å². The number of hydrogen-bond acceptors (Lipinski definition) is 7. The average Bonchev–Trinajstić information content (AvgIpc) is 3.44. The molecule has 2 aliphatic rings. The Morgan fingerprint density at radius 3 is 1.97 bits per heavy atom. The lowest BCUT2D eigenvalue weighted by Crippen LogP contribution is -2.59. The topological polar surface area (TPSA) is 182 Å². The van der Waals surface area contributed by atoms with Crippen molar-refractivity contribution in [2.75, 3.05) is 19.7 Å². The second kappa shape index (κ2) is 11.4. The minimum atomic E-state index is -1.31. The summed E-state index contributed by atoms with van der Waals surface area (Å²) in [7, 11) is 0. The van der Waals surface area contributed by atoms with E-state index in [9.17, 15) is 34.2 Å². The third kappa shape index (κ3) is 6.20. The molecule has 0 aromatic carbocycles.